The van der Waals surface area contributed by atoms with E-state index >= 15 is 0 Å². The van der Waals surface area contributed by atoms with E-state index in [1.807, 2.05) is 24.5 Å². The third-order valence-corrected chi connectivity index (χ3v) is 6.27. The van der Waals surface area contributed by atoms with Crippen LogP contribution in [0.2, 0.25) is 0 Å². The molecule has 1 saturated heterocycles. The van der Waals surface area contributed by atoms with Crippen molar-refractivity contribution >= 4 is 11.0 Å². The van der Waals surface area contributed by atoms with E-state index in [-0.39, 0.29) is 0 Å². The zero-order chi connectivity index (χ0) is 20.9. The number of hydrogen-bond donors (Lipinski definition) is 0. The van der Waals surface area contributed by atoms with Crippen LogP contribution in [0.3, 0.4) is 0 Å². The Kier molecular flexibility index (Phi) is 5.99. The van der Waals surface area contributed by atoms with E-state index in [1.165, 1.54) is 29.5 Å². The van der Waals surface area contributed by atoms with E-state index in [0.717, 1.165) is 43.4 Å². The molecule has 2 heterocycles. The van der Waals surface area contributed by atoms with Crippen molar-refractivity contribution in [3.63, 3.8) is 0 Å². The van der Waals surface area contributed by atoms with Crippen LogP contribution in [0, 0.1) is 5.92 Å². The summed E-state index contributed by atoms with van der Waals surface area (Å²) in [5, 5.41) is 0. The van der Waals surface area contributed by atoms with E-state index in [4.69, 9.17) is 4.74 Å². The first-order chi connectivity index (χ1) is 15.3. The average molecular weight is 412 g/mol. The Morgan fingerprint density at radius 2 is 1.55 bits per heavy atom. The van der Waals surface area contributed by atoms with Gasteiger partial charge >= 0.3 is 0 Å². The Hall–Kier alpha value is -3.11. The van der Waals surface area contributed by atoms with Crippen molar-refractivity contribution in [3.8, 4) is 5.75 Å². The van der Waals surface area contributed by atoms with Crippen LogP contribution in [0.1, 0.15) is 24.0 Å². The number of para-hydroxylation sites is 2. The minimum atomic E-state index is 0.611. The number of rotatable bonds is 7. The number of imidazole rings is 1. The van der Waals surface area contributed by atoms with Crippen LogP contribution in [0.4, 0.5) is 0 Å². The van der Waals surface area contributed by atoms with Crippen molar-refractivity contribution in [3.05, 3.63) is 96.3 Å². The SMILES string of the molecule is c1ccc(COc2ccc(CN3CCC(Cn4cnc5ccccc54)CC3)cc2)cc1. The highest BCUT2D eigenvalue weighted by molar-refractivity contribution is 5.74. The first-order valence-corrected chi connectivity index (χ1v) is 11.2. The Bertz CT molecular complexity index is 1100. The lowest BCUT2D eigenvalue weighted by Gasteiger charge is -2.32. The van der Waals surface area contributed by atoms with Crippen molar-refractivity contribution in [2.45, 2.75) is 32.5 Å². The molecule has 31 heavy (non-hydrogen) atoms. The van der Waals surface area contributed by atoms with Gasteiger partial charge in [-0.2, -0.15) is 0 Å². The lowest BCUT2D eigenvalue weighted by molar-refractivity contribution is 0.168. The monoisotopic (exact) mass is 411 g/mol. The number of nitrogens with zero attached hydrogens (tertiary/aromatic N) is 3. The quantitative estimate of drug-likeness (QED) is 0.401. The van der Waals surface area contributed by atoms with Crippen molar-refractivity contribution in [1.29, 1.82) is 0 Å². The second-order valence-corrected chi connectivity index (χ2v) is 8.52. The smallest absolute Gasteiger partial charge is 0.119 e. The molecule has 0 atom stereocenters. The number of aromatic nitrogens is 2. The summed E-state index contributed by atoms with van der Waals surface area (Å²) in [6.07, 6.45) is 4.48. The summed E-state index contributed by atoms with van der Waals surface area (Å²) in [6.45, 7) is 5.01. The van der Waals surface area contributed by atoms with Crippen LogP contribution in [0.25, 0.3) is 11.0 Å². The first-order valence-electron chi connectivity index (χ1n) is 11.2. The molecule has 0 spiro atoms. The minimum Gasteiger partial charge on any atom is -0.489 e. The van der Waals surface area contributed by atoms with Gasteiger partial charge in [0.05, 0.1) is 17.4 Å². The Balaban J connectivity index is 1.09. The predicted octanol–water partition coefficient (Wildman–Crippen LogP) is 5.53. The molecule has 4 aromatic rings. The van der Waals surface area contributed by atoms with Crippen molar-refractivity contribution < 1.29 is 4.74 Å². The third-order valence-electron chi connectivity index (χ3n) is 6.27. The highest BCUT2D eigenvalue weighted by Crippen LogP contribution is 2.23. The fraction of sp³-hybridized carbons (Fsp3) is 0.296. The molecule has 4 nitrogen and oxygen atoms in total. The van der Waals surface area contributed by atoms with Gasteiger partial charge in [-0.25, -0.2) is 4.98 Å². The van der Waals surface area contributed by atoms with Gasteiger partial charge in [0.15, 0.2) is 0 Å². The van der Waals surface area contributed by atoms with Crippen LogP contribution >= 0.6 is 0 Å². The molecule has 0 radical (unpaired) electrons. The molecule has 5 rings (SSSR count). The average Bonchev–Trinajstić information content (AvgIpc) is 3.23. The summed E-state index contributed by atoms with van der Waals surface area (Å²) in [5.41, 5.74) is 4.89. The van der Waals surface area contributed by atoms with Gasteiger partial charge in [-0.05, 0) is 67.2 Å². The first kappa shape index (κ1) is 19.8. The van der Waals surface area contributed by atoms with Gasteiger partial charge in [0, 0.05) is 13.1 Å². The maximum atomic E-state index is 5.91. The predicted molar refractivity (Wildman–Crippen MR) is 125 cm³/mol. The number of piperidine rings is 1. The number of fused-ring (bicyclic) bond motifs is 1. The topological polar surface area (TPSA) is 30.3 Å². The fourth-order valence-corrected chi connectivity index (χ4v) is 4.45. The van der Waals surface area contributed by atoms with Gasteiger partial charge in [0.1, 0.15) is 12.4 Å². The molecule has 0 saturated carbocycles. The van der Waals surface area contributed by atoms with E-state index in [9.17, 15) is 0 Å². The number of ether oxygens (including phenoxy) is 1. The molecule has 1 aromatic heterocycles. The summed E-state index contributed by atoms with van der Waals surface area (Å²) in [7, 11) is 0. The molecule has 1 fully saturated rings. The van der Waals surface area contributed by atoms with E-state index in [0.29, 0.717) is 6.61 Å². The second-order valence-electron chi connectivity index (χ2n) is 8.52. The zero-order valence-corrected chi connectivity index (χ0v) is 17.9. The maximum absolute atomic E-state index is 5.91. The van der Waals surface area contributed by atoms with E-state index in [1.54, 1.807) is 0 Å². The Morgan fingerprint density at radius 1 is 0.806 bits per heavy atom. The lowest BCUT2D eigenvalue weighted by atomic mass is 9.96. The number of benzene rings is 3. The molecular formula is C27H29N3O. The summed E-state index contributed by atoms with van der Waals surface area (Å²) in [4.78, 5) is 7.11. The standard InChI is InChI=1S/C27H29N3O/c1-2-6-24(7-3-1)20-31-25-12-10-22(11-13-25)18-29-16-14-23(15-17-29)19-30-21-28-26-8-4-5-9-27(26)30/h1-13,21,23H,14-20H2. The molecule has 158 valence electrons. The van der Waals surface area contributed by atoms with Gasteiger partial charge in [-0.15, -0.1) is 0 Å². The summed E-state index contributed by atoms with van der Waals surface area (Å²) < 4.78 is 8.23. The fourth-order valence-electron chi connectivity index (χ4n) is 4.45. The van der Waals surface area contributed by atoms with Crippen LogP contribution < -0.4 is 4.74 Å². The summed E-state index contributed by atoms with van der Waals surface area (Å²) in [6, 6.07) is 27.3. The van der Waals surface area contributed by atoms with Crippen molar-refractivity contribution in [2.24, 2.45) is 5.92 Å². The third kappa shape index (κ3) is 4.97. The summed E-state index contributed by atoms with van der Waals surface area (Å²) >= 11 is 0. The highest BCUT2D eigenvalue weighted by atomic mass is 16.5. The second kappa shape index (κ2) is 9.36. The molecule has 0 N–H and O–H groups in total. The Labute approximate surface area is 184 Å². The molecule has 3 aromatic carbocycles. The zero-order valence-electron chi connectivity index (χ0n) is 17.9. The van der Waals surface area contributed by atoms with E-state index in [2.05, 4.69) is 75.1 Å². The molecule has 1 aliphatic heterocycles. The molecular weight excluding hydrogens is 382 g/mol. The van der Waals surface area contributed by atoms with Crippen molar-refractivity contribution in [2.75, 3.05) is 13.1 Å². The molecule has 4 heteroatoms. The molecule has 0 unspecified atom stereocenters. The van der Waals surface area contributed by atoms with Gasteiger partial charge in [0.25, 0.3) is 0 Å². The number of hydrogen-bond acceptors (Lipinski definition) is 3. The molecule has 0 aliphatic carbocycles. The van der Waals surface area contributed by atoms with Crippen LogP contribution in [-0.4, -0.2) is 27.5 Å². The van der Waals surface area contributed by atoms with Crippen LogP contribution in [-0.2, 0) is 19.7 Å². The number of likely N-dealkylation sites (tertiary alicyclic amines) is 1. The molecule has 1 aliphatic rings. The van der Waals surface area contributed by atoms with Crippen LogP contribution in [0.5, 0.6) is 5.75 Å². The maximum Gasteiger partial charge on any atom is 0.119 e. The van der Waals surface area contributed by atoms with Gasteiger partial charge in [-0.1, -0.05) is 54.6 Å². The van der Waals surface area contributed by atoms with E-state index < -0.39 is 0 Å². The van der Waals surface area contributed by atoms with Gasteiger partial charge in [-0.3, -0.25) is 4.90 Å². The summed E-state index contributed by atoms with van der Waals surface area (Å²) in [5.74, 6) is 1.65. The van der Waals surface area contributed by atoms with Crippen LogP contribution in [0.15, 0.2) is 85.2 Å². The molecule has 0 amide bonds. The van der Waals surface area contributed by atoms with Crippen molar-refractivity contribution in [1.82, 2.24) is 14.5 Å². The normalized spacial score (nSPS) is 15.4. The Morgan fingerprint density at radius 3 is 2.35 bits per heavy atom. The largest absolute Gasteiger partial charge is 0.489 e. The molecule has 0 bridgehead atoms. The van der Waals surface area contributed by atoms with Gasteiger partial charge in [0.2, 0.25) is 0 Å². The highest BCUT2D eigenvalue weighted by Gasteiger charge is 2.20. The minimum absolute atomic E-state index is 0.611. The van der Waals surface area contributed by atoms with Gasteiger partial charge < -0.3 is 9.30 Å². The lowest BCUT2D eigenvalue weighted by Crippen LogP contribution is -2.34.